The van der Waals surface area contributed by atoms with Gasteiger partial charge in [-0.2, -0.15) is 5.10 Å². The predicted molar refractivity (Wildman–Crippen MR) is 115 cm³/mol. The topological polar surface area (TPSA) is 64.7 Å². The molecule has 3 aromatic heterocycles. The normalized spacial score (nSPS) is 10.9. The molecule has 148 valence electrons. The fourth-order valence-electron chi connectivity index (χ4n) is 3.17. The van der Waals surface area contributed by atoms with E-state index in [-0.39, 0.29) is 5.91 Å². The van der Waals surface area contributed by atoms with Crippen molar-refractivity contribution in [3.63, 3.8) is 0 Å². The lowest BCUT2D eigenvalue weighted by Gasteiger charge is -2.05. The van der Waals surface area contributed by atoms with Crippen LogP contribution in [0.5, 0.6) is 0 Å². The van der Waals surface area contributed by atoms with Crippen molar-refractivity contribution in [2.24, 2.45) is 0 Å². The highest BCUT2D eigenvalue weighted by Gasteiger charge is 2.18. The van der Waals surface area contributed by atoms with Crippen LogP contribution in [0.2, 0.25) is 0 Å². The maximum Gasteiger partial charge on any atom is 0.255 e. The van der Waals surface area contributed by atoms with Gasteiger partial charge in [-0.1, -0.05) is 36.4 Å². The number of nitrogens with one attached hydrogen (secondary N) is 1. The summed E-state index contributed by atoms with van der Waals surface area (Å²) in [6, 6.07) is 14.1. The van der Waals surface area contributed by atoms with Crippen molar-refractivity contribution in [2.75, 3.05) is 6.54 Å². The summed E-state index contributed by atoms with van der Waals surface area (Å²) in [5, 5.41) is 9.75. The Morgan fingerprint density at radius 1 is 1.10 bits per heavy atom. The maximum atomic E-state index is 12.8. The average molecular weight is 406 g/mol. The van der Waals surface area contributed by atoms with Gasteiger partial charge in [-0.05, 0) is 29.9 Å². The first-order valence-corrected chi connectivity index (χ1v) is 10.6. The minimum atomic E-state index is -0.0738. The van der Waals surface area contributed by atoms with Crippen LogP contribution in [0.1, 0.15) is 28.8 Å². The Bertz CT molecular complexity index is 1020. The zero-order valence-electron chi connectivity index (χ0n) is 16.1. The zero-order chi connectivity index (χ0) is 19.9. The van der Waals surface area contributed by atoms with E-state index in [2.05, 4.69) is 22.4 Å². The molecule has 3 heterocycles. The highest BCUT2D eigenvalue weighted by Crippen LogP contribution is 2.27. The van der Waals surface area contributed by atoms with Crippen LogP contribution in [0, 0.1) is 0 Å². The molecular weight excluding hydrogens is 382 g/mol. The number of unbranched alkanes of at least 4 members (excludes halogenated alkanes) is 1. The first kappa shape index (κ1) is 19.1. The largest absolute Gasteiger partial charge is 0.352 e. The number of amides is 1. The van der Waals surface area contributed by atoms with Crippen LogP contribution in [0.25, 0.3) is 10.6 Å². The molecule has 0 unspecified atom stereocenters. The van der Waals surface area contributed by atoms with E-state index in [4.69, 9.17) is 5.10 Å². The molecule has 0 aliphatic rings. The minimum Gasteiger partial charge on any atom is -0.352 e. The number of thiophene rings is 1. The molecule has 0 aliphatic carbocycles. The Balaban J connectivity index is 1.41. The minimum absolute atomic E-state index is 0.0738. The van der Waals surface area contributed by atoms with E-state index in [1.54, 1.807) is 17.5 Å². The molecule has 0 radical (unpaired) electrons. The monoisotopic (exact) mass is 405 g/mol. The molecule has 6 nitrogen and oxygen atoms in total. The highest BCUT2D eigenvalue weighted by molar-refractivity contribution is 7.13. The molecule has 1 N–H and O–H groups in total. The van der Waals surface area contributed by atoms with Gasteiger partial charge >= 0.3 is 0 Å². The predicted octanol–water partition coefficient (Wildman–Crippen LogP) is 4.07. The van der Waals surface area contributed by atoms with Crippen molar-refractivity contribution in [3.05, 3.63) is 83.9 Å². The summed E-state index contributed by atoms with van der Waals surface area (Å²) in [7, 11) is 0. The first-order chi connectivity index (χ1) is 14.3. The number of benzene rings is 1. The smallest absolute Gasteiger partial charge is 0.255 e. The summed E-state index contributed by atoms with van der Waals surface area (Å²) in [6.45, 7) is 2.18. The zero-order valence-corrected chi connectivity index (χ0v) is 16.9. The Kier molecular flexibility index (Phi) is 6.16. The first-order valence-electron chi connectivity index (χ1n) is 9.69. The van der Waals surface area contributed by atoms with Gasteiger partial charge in [-0.15, -0.1) is 11.3 Å². The Hall–Kier alpha value is -3.19. The van der Waals surface area contributed by atoms with Gasteiger partial charge in [0.2, 0.25) is 0 Å². The van der Waals surface area contributed by atoms with Crippen molar-refractivity contribution in [1.29, 1.82) is 0 Å². The lowest BCUT2D eigenvalue weighted by molar-refractivity contribution is 0.0953. The summed E-state index contributed by atoms with van der Waals surface area (Å²) in [5.74, 6) is -0.0738. The molecule has 4 aromatic rings. The van der Waals surface area contributed by atoms with Crippen LogP contribution in [0.4, 0.5) is 0 Å². The Labute approximate surface area is 173 Å². The lowest BCUT2D eigenvalue weighted by Crippen LogP contribution is -2.24. The number of imidazole rings is 1. The van der Waals surface area contributed by atoms with Gasteiger partial charge in [-0.3, -0.25) is 9.48 Å². The van der Waals surface area contributed by atoms with Crippen LogP contribution >= 0.6 is 11.3 Å². The van der Waals surface area contributed by atoms with E-state index in [1.807, 2.05) is 63.7 Å². The van der Waals surface area contributed by atoms with E-state index in [0.29, 0.717) is 18.7 Å². The van der Waals surface area contributed by atoms with Gasteiger partial charge < -0.3 is 9.88 Å². The number of nitrogens with zero attached hydrogens (tertiary/aromatic N) is 4. The van der Waals surface area contributed by atoms with Crippen molar-refractivity contribution in [1.82, 2.24) is 24.6 Å². The molecule has 1 aromatic carbocycles. The molecule has 0 aliphatic heterocycles. The number of aryl methyl sites for hydroxylation is 1. The molecular formula is C22H23N5OS. The number of carbonyl (C=O) groups excluding carboxylic acids is 1. The van der Waals surface area contributed by atoms with E-state index in [1.165, 1.54) is 0 Å². The molecule has 7 heteroatoms. The van der Waals surface area contributed by atoms with E-state index >= 15 is 0 Å². The van der Waals surface area contributed by atoms with Crippen molar-refractivity contribution >= 4 is 17.2 Å². The number of rotatable bonds is 9. The standard InChI is InChI=1S/C22H23N5OS/c28-22(24-10-4-5-12-26-13-11-23-17-26)19-16-27(15-18-7-2-1-3-8-18)25-21(19)20-9-6-14-29-20/h1-3,6-9,11,13-14,16-17H,4-5,10,12,15H2,(H,24,28). The van der Waals surface area contributed by atoms with E-state index in [9.17, 15) is 4.79 Å². The molecule has 29 heavy (non-hydrogen) atoms. The lowest BCUT2D eigenvalue weighted by atomic mass is 10.2. The molecule has 1 amide bonds. The highest BCUT2D eigenvalue weighted by atomic mass is 32.1. The van der Waals surface area contributed by atoms with Crippen LogP contribution in [0.15, 0.2) is 72.8 Å². The van der Waals surface area contributed by atoms with E-state index in [0.717, 1.165) is 35.5 Å². The summed E-state index contributed by atoms with van der Waals surface area (Å²) in [5.41, 5.74) is 2.52. The van der Waals surface area contributed by atoms with Gasteiger partial charge in [0, 0.05) is 31.7 Å². The maximum absolute atomic E-state index is 12.8. The Morgan fingerprint density at radius 2 is 2.00 bits per heavy atom. The van der Waals surface area contributed by atoms with Crippen LogP contribution in [-0.2, 0) is 13.1 Å². The summed E-state index contributed by atoms with van der Waals surface area (Å²) >= 11 is 1.59. The Morgan fingerprint density at radius 3 is 2.76 bits per heavy atom. The van der Waals surface area contributed by atoms with Crippen LogP contribution in [0.3, 0.4) is 0 Å². The molecule has 0 saturated heterocycles. The van der Waals surface area contributed by atoms with E-state index < -0.39 is 0 Å². The molecule has 0 fully saturated rings. The van der Waals surface area contributed by atoms with Gasteiger partial charge in [0.15, 0.2) is 0 Å². The molecule has 0 atom stereocenters. The number of hydrogen-bond acceptors (Lipinski definition) is 4. The van der Waals surface area contributed by atoms with Crippen LogP contribution < -0.4 is 5.32 Å². The third kappa shape index (κ3) is 5.00. The fraction of sp³-hybridized carbons (Fsp3) is 0.227. The average Bonchev–Trinajstić information content (AvgIpc) is 3.50. The number of carbonyl (C=O) groups is 1. The third-order valence-electron chi connectivity index (χ3n) is 4.64. The third-order valence-corrected chi connectivity index (χ3v) is 5.51. The van der Waals surface area contributed by atoms with Crippen LogP contribution in [-0.4, -0.2) is 31.8 Å². The molecule has 0 bridgehead atoms. The SMILES string of the molecule is O=C(NCCCCn1ccnc1)c1cn(Cc2ccccc2)nc1-c1cccs1. The van der Waals surface area contributed by atoms with Gasteiger partial charge in [-0.25, -0.2) is 4.98 Å². The molecule has 4 rings (SSSR count). The fourth-order valence-corrected chi connectivity index (χ4v) is 3.89. The van der Waals surface area contributed by atoms with Crippen molar-refractivity contribution in [2.45, 2.75) is 25.9 Å². The van der Waals surface area contributed by atoms with Crippen molar-refractivity contribution in [3.8, 4) is 10.6 Å². The number of aromatic nitrogens is 4. The second-order valence-corrected chi connectivity index (χ2v) is 7.76. The van der Waals surface area contributed by atoms with Gasteiger partial charge in [0.05, 0.1) is 23.3 Å². The number of hydrogen-bond donors (Lipinski definition) is 1. The quantitative estimate of drug-likeness (QED) is 0.427. The van der Waals surface area contributed by atoms with Gasteiger partial charge in [0.1, 0.15) is 5.69 Å². The van der Waals surface area contributed by atoms with Gasteiger partial charge in [0.25, 0.3) is 5.91 Å². The summed E-state index contributed by atoms with van der Waals surface area (Å²) in [4.78, 5) is 17.9. The molecule has 0 spiro atoms. The molecule has 0 saturated carbocycles. The second kappa shape index (κ2) is 9.34. The van der Waals surface area contributed by atoms with Crippen molar-refractivity contribution < 1.29 is 4.79 Å². The second-order valence-electron chi connectivity index (χ2n) is 6.82. The summed E-state index contributed by atoms with van der Waals surface area (Å²) < 4.78 is 3.89. The summed E-state index contributed by atoms with van der Waals surface area (Å²) in [6.07, 6.45) is 9.29.